The average Bonchev–Trinajstić information content (AvgIpc) is 2.45. The zero-order valence-corrected chi connectivity index (χ0v) is 11.6. The van der Waals surface area contributed by atoms with Gasteiger partial charge in [0.05, 0.1) is 0 Å². The first-order chi connectivity index (χ1) is 9.65. The van der Waals surface area contributed by atoms with Gasteiger partial charge in [-0.2, -0.15) is 0 Å². The number of hydrogen-bond acceptors (Lipinski definition) is 2. The highest BCUT2D eigenvalue weighted by molar-refractivity contribution is 5.76. The fourth-order valence-electron chi connectivity index (χ4n) is 2.76. The Morgan fingerprint density at radius 1 is 1.25 bits per heavy atom. The number of aliphatic carboxylic acids is 1. The molecule has 1 aliphatic heterocycles. The number of likely N-dealkylation sites (tertiary alicyclic amines) is 1. The van der Waals surface area contributed by atoms with E-state index in [0.717, 1.165) is 25.8 Å². The average molecular weight is 275 g/mol. The van der Waals surface area contributed by atoms with Gasteiger partial charge in [-0.15, -0.1) is 0 Å². The summed E-state index contributed by atoms with van der Waals surface area (Å²) < 4.78 is 0. The maximum atomic E-state index is 12.2. The lowest BCUT2D eigenvalue weighted by molar-refractivity contribution is -0.140. The van der Waals surface area contributed by atoms with Gasteiger partial charge >= 0.3 is 5.97 Å². The van der Waals surface area contributed by atoms with Crippen LogP contribution in [0.25, 0.3) is 0 Å². The third kappa shape index (κ3) is 4.37. The zero-order chi connectivity index (χ0) is 14.4. The summed E-state index contributed by atoms with van der Waals surface area (Å²) >= 11 is 0. The SMILES string of the molecule is O=C(O)CC1CCCN(C(=O)CCc2ccccc2)C1. The standard InChI is InChI=1S/C16H21NO3/c18-15(9-8-13-5-2-1-3-6-13)17-10-4-7-14(12-17)11-16(19)20/h1-3,5-6,14H,4,7-12H2,(H,19,20). The number of carbonyl (C=O) groups excluding carboxylic acids is 1. The lowest BCUT2D eigenvalue weighted by Gasteiger charge is -2.32. The van der Waals surface area contributed by atoms with Gasteiger partial charge in [0.2, 0.25) is 5.91 Å². The number of amides is 1. The maximum Gasteiger partial charge on any atom is 0.303 e. The zero-order valence-electron chi connectivity index (χ0n) is 11.6. The molecule has 2 rings (SSSR count). The molecule has 0 radical (unpaired) electrons. The number of carbonyl (C=O) groups is 2. The molecule has 108 valence electrons. The molecule has 1 atom stereocenters. The quantitative estimate of drug-likeness (QED) is 0.897. The Kier molecular flexibility index (Phi) is 5.16. The Bertz CT molecular complexity index is 458. The van der Waals surface area contributed by atoms with Crippen molar-refractivity contribution in [3.8, 4) is 0 Å². The Balaban J connectivity index is 1.81. The third-order valence-electron chi connectivity index (χ3n) is 3.81. The van der Waals surface area contributed by atoms with Gasteiger partial charge in [0, 0.05) is 25.9 Å². The second-order valence-corrected chi connectivity index (χ2v) is 5.43. The number of hydrogen-bond donors (Lipinski definition) is 1. The number of nitrogens with zero attached hydrogens (tertiary/aromatic N) is 1. The summed E-state index contributed by atoms with van der Waals surface area (Å²) in [5.41, 5.74) is 1.17. The predicted octanol–water partition coefficient (Wildman–Crippen LogP) is 2.33. The normalized spacial score (nSPS) is 18.8. The van der Waals surface area contributed by atoms with E-state index in [9.17, 15) is 9.59 Å². The van der Waals surface area contributed by atoms with E-state index in [0.29, 0.717) is 13.0 Å². The molecular formula is C16H21NO3. The monoisotopic (exact) mass is 275 g/mol. The number of piperidine rings is 1. The van der Waals surface area contributed by atoms with Gasteiger partial charge in [-0.05, 0) is 30.7 Å². The molecule has 1 fully saturated rings. The largest absolute Gasteiger partial charge is 0.481 e. The molecule has 1 heterocycles. The molecule has 4 nitrogen and oxygen atoms in total. The van der Waals surface area contributed by atoms with Crippen molar-refractivity contribution in [1.82, 2.24) is 4.90 Å². The first-order valence-corrected chi connectivity index (χ1v) is 7.18. The number of aryl methyl sites for hydroxylation is 1. The highest BCUT2D eigenvalue weighted by Crippen LogP contribution is 2.20. The second-order valence-electron chi connectivity index (χ2n) is 5.43. The van der Waals surface area contributed by atoms with Crippen molar-refractivity contribution in [2.75, 3.05) is 13.1 Å². The van der Waals surface area contributed by atoms with Gasteiger partial charge < -0.3 is 10.0 Å². The van der Waals surface area contributed by atoms with Crippen molar-refractivity contribution in [2.24, 2.45) is 5.92 Å². The number of carboxylic acid groups (broad SMARTS) is 1. The van der Waals surface area contributed by atoms with E-state index in [2.05, 4.69) is 0 Å². The van der Waals surface area contributed by atoms with Crippen LogP contribution < -0.4 is 0 Å². The van der Waals surface area contributed by atoms with Crippen LogP contribution in [0.4, 0.5) is 0 Å². The second kappa shape index (κ2) is 7.08. The van der Waals surface area contributed by atoms with Crippen LogP contribution in [0.2, 0.25) is 0 Å². The molecule has 0 spiro atoms. The molecular weight excluding hydrogens is 254 g/mol. The fourth-order valence-corrected chi connectivity index (χ4v) is 2.76. The van der Waals surface area contributed by atoms with Gasteiger partial charge in [-0.25, -0.2) is 0 Å². The molecule has 1 aromatic carbocycles. The van der Waals surface area contributed by atoms with E-state index in [1.807, 2.05) is 35.2 Å². The van der Waals surface area contributed by atoms with Crippen molar-refractivity contribution < 1.29 is 14.7 Å². The molecule has 1 aliphatic rings. The molecule has 20 heavy (non-hydrogen) atoms. The summed E-state index contributed by atoms with van der Waals surface area (Å²) in [5, 5.41) is 8.84. The van der Waals surface area contributed by atoms with Gasteiger partial charge in [0.15, 0.2) is 0 Å². The Hall–Kier alpha value is -1.84. The predicted molar refractivity (Wildman–Crippen MR) is 76.3 cm³/mol. The van der Waals surface area contributed by atoms with Crippen LogP contribution in [0, 0.1) is 5.92 Å². The van der Waals surface area contributed by atoms with Crippen molar-refractivity contribution in [3.05, 3.63) is 35.9 Å². The minimum absolute atomic E-state index is 0.113. The van der Waals surface area contributed by atoms with Crippen molar-refractivity contribution >= 4 is 11.9 Å². The molecule has 0 aromatic heterocycles. The summed E-state index contributed by atoms with van der Waals surface area (Å²) in [6.07, 6.45) is 3.25. The first kappa shape index (κ1) is 14.6. The molecule has 1 amide bonds. The highest BCUT2D eigenvalue weighted by Gasteiger charge is 2.24. The Labute approximate surface area is 119 Å². The first-order valence-electron chi connectivity index (χ1n) is 7.18. The molecule has 1 aromatic rings. The van der Waals surface area contributed by atoms with Gasteiger partial charge in [0.1, 0.15) is 0 Å². The van der Waals surface area contributed by atoms with E-state index in [1.165, 1.54) is 5.56 Å². The van der Waals surface area contributed by atoms with Gasteiger partial charge in [0.25, 0.3) is 0 Å². The minimum Gasteiger partial charge on any atom is -0.481 e. The molecule has 0 saturated carbocycles. The van der Waals surface area contributed by atoms with Crippen LogP contribution in [0.5, 0.6) is 0 Å². The molecule has 0 aliphatic carbocycles. The number of rotatable bonds is 5. The Morgan fingerprint density at radius 3 is 2.70 bits per heavy atom. The molecule has 4 heteroatoms. The third-order valence-corrected chi connectivity index (χ3v) is 3.81. The fraction of sp³-hybridized carbons (Fsp3) is 0.500. The van der Waals surface area contributed by atoms with Crippen LogP contribution in [0.15, 0.2) is 30.3 Å². The van der Waals surface area contributed by atoms with Crippen LogP contribution in [-0.4, -0.2) is 35.0 Å². The van der Waals surface area contributed by atoms with Crippen LogP contribution in [-0.2, 0) is 16.0 Å². The van der Waals surface area contributed by atoms with E-state index < -0.39 is 5.97 Å². The van der Waals surface area contributed by atoms with Crippen LogP contribution in [0.3, 0.4) is 0 Å². The topological polar surface area (TPSA) is 57.6 Å². The van der Waals surface area contributed by atoms with E-state index in [-0.39, 0.29) is 18.2 Å². The number of carboxylic acids is 1. The molecule has 0 bridgehead atoms. The molecule has 1 unspecified atom stereocenters. The smallest absolute Gasteiger partial charge is 0.303 e. The summed E-state index contributed by atoms with van der Waals surface area (Å²) in [6, 6.07) is 9.97. The lowest BCUT2D eigenvalue weighted by atomic mass is 9.94. The van der Waals surface area contributed by atoms with Crippen molar-refractivity contribution in [1.29, 1.82) is 0 Å². The Morgan fingerprint density at radius 2 is 2.00 bits per heavy atom. The summed E-state index contributed by atoms with van der Waals surface area (Å²) in [7, 11) is 0. The van der Waals surface area contributed by atoms with Crippen LogP contribution >= 0.6 is 0 Å². The van der Waals surface area contributed by atoms with Crippen LogP contribution in [0.1, 0.15) is 31.2 Å². The summed E-state index contributed by atoms with van der Waals surface area (Å²) in [6.45, 7) is 1.36. The number of benzene rings is 1. The van der Waals surface area contributed by atoms with Crippen molar-refractivity contribution in [2.45, 2.75) is 32.1 Å². The van der Waals surface area contributed by atoms with E-state index >= 15 is 0 Å². The maximum absolute atomic E-state index is 12.2. The minimum atomic E-state index is -0.770. The summed E-state index contributed by atoms with van der Waals surface area (Å²) in [4.78, 5) is 24.8. The molecule has 1 N–H and O–H groups in total. The van der Waals surface area contributed by atoms with Gasteiger partial charge in [-0.1, -0.05) is 30.3 Å². The summed E-state index contributed by atoms with van der Waals surface area (Å²) in [5.74, 6) is -0.514. The lowest BCUT2D eigenvalue weighted by Crippen LogP contribution is -2.40. The van der Waals surface area contributed by atoms with E-state index in [4.69, 9.17) is 5.11 Å². The van der Waals surface area contributed by atoms with Gasteiger partial charge in [-0.3, -0.25) is 9.59 Å². The van der Waals surface area contributed by atoms with Crippen molar-refractivity contribution in [3.63, 3.8) is 0 Å². The van der Waals surface area contributed by atoms with E-state index in [1.54, 1.807) is 0 Å². The molecule has 1 saturated heterocycles. The highest BCUT2D eigenvalue weighted by atomic mass is 16.4.